The van der Waals surface area contributed by atoms with Crippen LogP contribution in [0, 0.1) is 12.7 Å². The normalized spacial score (nSPS) is 10.8. The van der Waals surface area contributed by atoms with Gasteiger partial charge in [0.15, 0.2) is 0 Å². The van der Waals surface area contributed by atoms with Crippen molar-refractivity contribution in [1.29, 1.82) is 0 Å². The second-order valence-electron chi connectivity index (χ2n) is 4.65. The molecule has 0 spiro atoms. The summed E-state index contributed by atoms with van der Waals surface area (Å²) in [6.45, 7) is 6.03. The van der Waals surface area contributed by atoms with Gasteiger partial charge in [0.2, 0.25) is 0 Å². The van der Waals surface area contributed by atoms with Gasteiger partial charge in [0.1, 0.15) is 5.82 Å². The molecule has 3 nitrogen and oxygen atoms in total. The van der Waals surface area contributed by atoms with E-state index in [1.165, 1.54) is 6.07 Å². The Morgan fingerprint density at radius 1 is 1.44 bits per heavy atom. The van der Waals surface area contributed by atoms with Crippen LogP contribution in [0.2, 0.25) is 0 Å². The zero-order valence-corrected chi connectivity index (χ0v) is 11.1. The van der Waals surface area contributed by atoms with E-state index >= 15 is 0 Å². The van der Waals surface area contributed by atoms with E-state index in [1.54, 1.807) is 17.0 Å². The average Bonchev–Trinajstić information content (AvgIpc) is 2.32. The van der Waals surface area contributed by atoms with Crippen LogP contribution in [0.1, 0.15) is 36.2 Å². The van der Waals surface area contributed by atoms with Crippen molar-refractivity contribution >= 4 is 5.91 Å². The first kappa shape index (κ1) is 14.6. The highest BCUT2D eigenvalue weighted by Gasteiger charge is 2.21. The molecule has 100 valence electrons. The fraction of sp³-hybridized carbons (Fsp3) is 0.500. The van der Waals surface area contributed by atoms with Gasteiger partial charge >= 0.3 is 0 Å². The van der Waals surface area contributed by atoms with Crippen LogP contribution in [-0.4, -0.2) is 35.1 Å². The molecule has 0 radical (unpaired) electrons. The summed E-state index contributed by atoms with van der Waals surface area (Å²) in [7, 11) is 0. The third kappa shape index (κ3) is 3.53. The summed E-state index contributed by atoms with van der Waals surface area (Å²) < 4.78 is 13.7. The van der Waals surface area contributed by atoms with Gasteiger partial charge in [0, 0.05) is 19.2 Å². The van der Waals surface area contributed by atoms with Gasteiger partial charge in [-0.1, -0.05) is 11.6 Å². The summed E-state index contributed by atoms with van der Waals surface area (Å²) in [6, 6.07) is 4.49. The lowest BCUT2D eigenvalue weighted by molar-refractivity contribution is 0.0688. The van der Waals surface area contributed by atoms with E-state index in [-0.39, 0.29) is 24.1 Å². The number of hydrogen-bond donors (Lipinski definition) is 1. The van der Waals surface area contributed by atoms with E-state index in [2.05, 4.69) is 0 Å². The van der Waals surface area contributed by atoms with Crippen LogP contribution in [0.3, 0.4) is 0 Å². The highest BCUT2D eigenvalue weighted by molar-refractivity contribution is 5.94. The van der Waals surface area contributed by atoms with E-state index < -0.39 is 5.82 Å². The lowest BCUT2D eigenvalue weighted by Gasteiger charge is -2.26. The van der Waals surface area contributed by atoms with E-state index in [9.17, 15) is 9.18 Å². The summed E-state index contributed by atoms with van der Waals surface area (Å²) in [5.41, 5.74) is 0.951. The van der Waals surface area contributed by atoms with Gasteiger partial charge in [-0.2, -0.15) is 0 Å². The Hall–Kier alpha value is -1.42. The molecule has 4 heteroatoms. The minimum absolute atomic E-state index is 0.0206. The number of carbonyl (C=O) groups is 1. The minimum atomic E-state index is -0.500. The van der Waals surface area contributed by atoms with Crippen LogP contribution in [0.15, 0.2) is 18.2 Å². The quantitative estimate of drug-likeness (QED) is 0.875. The molecule has 18 heavy (non-hydrogen) atoms. The Labute approximate surface area is 107 Å². The zero-order valence-electron chi connectivity index (χ0n) is 11.1. The molecule has 0 saturated heterocycles. The number of aliphatic hydroxyl groups excluding tert-OH is 1. The molecule has 0 fully saturated rings. The average molecular weight is 253 g/mol. The van der Waals surface area contributed by atoms with Crippen molar-refractivity contribution in [1.82, 2.24) is 4.90 Å². The second-order valence-corrected chi connectivity index (χ2v) is 4.65. The largest absolute Gasteiger partial charge is 0.396 e. The Morgan fingerprint density at radius 3 is 2.67 bits per heavy atom. The number of amides is 1. The Kier molecular flexibility index (Phi) is 5.28. The van der Waals surface area contributed by atoms with Gasteiger partial charge in [0.25, 0.3) is 5.91 Å². The molecular weight excluding hydrogens is 233 g/mol. The third-order valence-electron chi connectivity index (χ3n) is 2.79. The summed E-state index contributed by atoms with van der Waals surface area (Å²) >= 11 is 0. The van der Waals surface area contributed by atoms with E-state index in [0.29, 0.717) is 13.0 Å². The minimum Gasteiger partial charge on any atom is -0.396 e. The maximum atomic E-state index is 13.7. The fourth-order valence-corrected chi connectivity index (χ4v) is 1.79. The molecule has 0 saturated carbocycles. The Bertz CT molecular complexity index is 418. The van der Waals surface area contributed by atoms with E-state index in [1.807, 2.05) is 20.8 Å². The maximum absolute atomic E-state index is 13.7. The van der Waals surface area contributed by atoms with Crippen molar-refractivity contribution in [3.8, 4) is 0 Å². The van der Waals surface area contributed by atoms with E-state index in [4.69, 9.17) is 5.11 Å². The molecule has 1 amide bonds. The number of benzene rings is 1. The first-order valence-corrected chi connectivity index (χ1v) is 6.15. The van der Waals surface area contributed by atoms with Gasteiger partial charge in [-0.15, -0.1) is 0 Å². The second kappa shape index (κ2) is 6.50. The van der Waals surface area contributed by atoms with Gasteiger partial charge in [-0.3, -0.25) is 4.79 Å². The predicted octanol–water partition coefficient (Wildman–Crippen LogP) is 2.37. The van der Waals surface area contributed by atoms with Crippen molar-refractivity contribution < 1.29 is 14.3 Å². The van der Waals surface area contributed by atoms with Crippen LogP contribution in [0.4, 0.5) is 4.39 Å². The first-order chi connectivity index (χ1) is 8.47. The molecule has 0 heterocycles. The molecule has 0 aliphatic rings. The summed E-state index contributed by atoms with van der Waals surface area (Å²) in [5.74, 6) is -0.820. The van der Waals surface area contributed by atoms with Crippen molar-refractivity contribution in [3.05, 3.63) is 35.1 Å². The Balaban J connectivity index is 2.98. The lowest BCUT2D eigenvalue weighted by atomic mass is 10.1. The lowest BCUT2D eigenvalue weighted by Crippen LogP contribution is -2.38. The molecule has 0 aliphatic heterocycles. The molecule has 1 aromatic carbocycles. The molecule has 1 rings (SSSR count). The van der Waals surface area contributed by atoms with Crippen LogP contribution >= 0.6 is 0 Å². The highest BCUT2D eigenvalue weighted by Crippen LogP contribution is 2.15. The van der Waals surface area contributed by atoms with Gasteiger partial charge in [0.05, 0.1) is 5.56 Å². The number of rotatable bonds is 5. The smallest absolute Gasteiger partial charge is 0.257 e. The number of aliphatic hydroxyl groups is 1. The fourth-order valence-electron chi connectivity index (χ4n) is 1.79. The number of nitrogens with zero attached hydrogens (tertiary/aromatic N) is 1. The molecule has 1 N–H and O–H groups in total. The predicted molar refractivity (Wildman–Crippen MR) is 69.0 cm³/mol. The molecule has 0 bridgehead atoms. The molecule has 1 aromatic rings. The molecule has 0 aromatic heterocycles. The van der Waals surface area contributed by atoms with Gasteiger partial charge in [-0.25, -0.2) is 4.39 Å². The zero-order chi connectivity index (χ0) is 13.7. The van der Waals surface area contributed by atoms with Gasteiger partial charge < -0.3 is 10.0 Å². The number of hydrogen-bond acceptors (Lipinski definition) is 2. The number of carbonyl (C=O) groups excluding carboxylic acids is 1. The molecule has 0 unspecified atom stereocenters. The summed E-state index contributed by atoms with van der Waals surface area (Å²) in [6.07, 6.45) is 0.497. The highest BCUT2D eigenvalue weighted by atomic mass is 19.1. The van der Waals surface area contributed by atoms with Crippen LogP contribution < -0.4 is 0 Å². The van der Waals surface area contributed by atoms with Crippen LogP contribution in [-0.2, 0) is 0 Å². The van der Waals surface area contributed by atoms with Crippen LogP contribution in [0.25, 0.3) is 0 Å². The van der Waals surface area contributed by atoms with Crippen LogP contribution in [0.5, 0.6) is 0 Å². The van der Waals surface area contributed by atoms with Crippen molar-refractivity contribution in [2.24, 2.45) is 0 Å². The summed E-state index contributed by atoms with van der Waals surface area (Å²) in [4.78, 5) is 13.8. The number of halogens is 1. The molecular formula is C14H20FNO2. The topological polar surface area (TPSA) is 40.5 Å². The Morgan fingerprint density at radius 2 is 2.11 bits per heavy atom. The molecule has 0 atom stereocenters. The number of aryl methyl sites for hydroxylation is 1. The van der Waals surface area contributed by atoms with E-state index in [0.717, 1.165) is 5.56 Å². The monoisotopic (exact) mass is 253 g/mol. The molecule has 0 aliphatic carbocycles. The van der Waals surface area contributed by atoms with Crippen molar-refractivity contribution in [3.63, 3.8) is 0 Å². The third-order valence-corrected chi connectivity index (χ3v) is 2.79. The first-order valence-electron chi connectivity index (χ1n) is 6.15. The SMILES string of the molecule is Cc1ccc(F)c(C(=O)N(CCCO)C(C)C)c1. The maximum Gasteiger partial charge on any atom is 0.257 e. The standard InChI is InChI=1S/C14H20FNO2/c1-10(2)16(7-4-8-17)14(18)12-9-11(3)5-6-13(12)15/h5-6,9-10,17H,4,7-8H2,1-3H3. The van der Waals surface area contributed by atoms with Crippen molar-refractivity contribution in [2.45, 2.75) is 33.2 Å². The van der Waals surface area contributed by atoms with Gasteiger partial charge in [-0.05, 0) is 39.3 Å². The summed E-state index contributed by atoms with van der Waals surface area (Å²) in [5, 5.41) is 8.84. The van der Waals surface area contributed by atoms with Crippen molar-refractivity contribution in [2.75, 3.05) is 13.2 Å².